The van der Waals surface area contributed by atoms with E-state index in [1.54, 1.807) is 24.3 Å². The molecule has 1 saturated heterocycles. The number of aromatic nitrogens is 1. The van der Waals surface area contributed by atoms with Crippen LogP contribution in [0, 0.1) is 0 Å². The molecule has 0 saturated carbocycles. The molecule has 4 aromatic rings. The smallest absolute Gasteiger partial charge is 0.243 e. The summed E-state index contributed by atoms with van der Waals surface area (Å²) in [6.45, 7) is 4.58. The number of aryl methyl sites for hydroxylation is 2. The van der Waals surface area contributed by atoms with Gasteiger partial charge in [0.05, 0.1) is 18.1 Å². The zero-order valence-electron chi connectivity index (χ0n) is 19.7. The van der Waals surface area contributed by atoms with Crippen molar-refractivity contribution in [3.8, 4) is 0 Å². The first-order valence-electron chi connectivity index (χ1n) is 11.9. The Hall–Kier alpha value is -3.20. The Bertz CT molecular complexity index is 1470. The second-order valence-electron chi connectivity index (χ2n) is 8.70. The maximum atomic E-state index is 12.8. The fourth-order valence-electron chi connectivity index (χ4n) is 4.72. The maximum Gasteiger partial charge on any atom is 0.243 e. The fraction of sp³-hybridized carbons (Fsp3) is 0.296. The molecule has 0 atom stereocenters. The van der Waals surface area contributed by atoms with Crippen molar-refractivity contribution >= 4 is 43.4 Å². The monoisotopic (exact) mass is 491 g/mol. The van der Waals surface area contributed by atoms with Crippen molar-refractivity contribution in [2.75, 3.05) is 31.6 Å². The molecule has 1 N–H and O–H groups in total. The van der Waals surface area contributed by atoms with Crippen molar-refractivity contribution in [2.24, 2.45) is 0 Å². The molecule has 2 heterocycles. The number of carbonyl (C=O) groups is 1. The highest BCUT2D eigenvalue weighted by Gasteiger charge is 2.26. The molecule has 35 heavy (non-hydrogen) atoms. The Morgan fingerprint density at radius 2 is 1.66 bits per heavy atom. The number of fused-ring (bicyclic) bond motifs is 3. The van der Waals surface area contributed by atoms with E-state index in [4.69, 9.17) is 4.74 Å². The summed E-state index contributed by atoms with van der Waals surface area (Å²) in [7, 11) is -3.51. The van der Waals surface area contributed by atoms with E-state index in [-0.39, 0.29) is 10.8 Å². The lowest BCUT2D eigenvalue weighted by Crippen LogP contribution is -2.40. The summed E-state index contributed by atoms with van der Waals surface area (Å²) in [5.74, 6) is -0.0754. The van der Waals surface area contributed by atoms with Crippen molar-refractivity contribution in [1.29, 1.82) is 0 Å². The first-order valence-corrected chi connectivity index (χ1v) is 13.4. The second kappa shape index (κ2) is 9.81. The van der Waals surface area contributed by atoms with Gasteiger partial charge in [-0.25, -0.2) is 8.42 Å². The lowest BCUT2D eigenvalue weighted by Gasteiger charge is -2.26. The Morgan fingerprint density at radius 1 is 0.943 bits per heavy atom. The number of nitrogens with one attached hydrogen (secondary N) is 1. The van der Waals surface area contributed by atoms with Gasteiger partial charge in [-0.05, 0) is 55.3 Å². The molecule has 1 aromatic heterocycles. The number of hydrogen-bond acceptors (Lipinski definition) is 4. The van der Waals surface area contributed by atoms with Gasteiger partial charge < -0.3 is 14.6 Å². The normalized spacial score (nSPS) is 15.0. The molecule has 7 nitrogen and oxygen atoms in total. The average Bonchev–Trinajstić information content (AvgIpc) is 3.21. The van der Waals surface area contributed by atoms with Gasteiger partial charge in [-0.2, -0.15) is 4.31 Å². The van der Waals surface area contributed by atoms with Crippen LogP contribution in [0.4, 0.5) is 5.69 Å². The minimum atomic E-state index is -3.51. The van der Waals surface area contributed by atoms with Gasteiger partial charge in [0.1, 0.15) is 0 Å². The van der Waals surface area contributed by atoms with Crippen molar-refractivity contribution in [1.82, 2.24) is 8.87 Å². The molecule has 0 radical (unpaired) electrons. The van der Waals surface area contributed by atoms with Crippen molar-refractivity contribution in [3.63, 3.8) is 0 Å². The summed E-state index contributed by atoms with van der Waals surface area (Å²) >= 11 is 0. The highest BCUT2D eigenvalue weighted by atomic mass is 32.2. The third kappa shape index (κ3) is 4.69. The van der Waals surface area contributed by atoms with Gasteiger partial charge in [-0.3, -0.25) is 4.79 Å². The van der Waals surface area contributed by atoms with E-state index < -0.39 is 10.0 Å². The van der Waals surface area contributed by atoms with Crippen LogP contribution in [0.25, 0.3) is 21.8 Å². The van der Waals surface area contributed by atoms with Crippen LogP contribution < -0.4 is 5.32 Å². The SMILES string of the molecule is CCn1c2ccccc2c2cc(NC(=O)CCc3ccc(S(=O)(=O)N4CCOCC4)cc3)ccc21. The lowest BCUT2D eigenvalue weighted by molar-refractivity contribution is -0.116. The first-order chi connectivity index (χ1) is 17.0. The topological polar surface area (TPSA) is 80.6 Å². The van der Waals surface area contributed by atoms with Gasteiger partial charge in [0.25, 0.3) is 0 Å². The Morgan fingerprint density at radius 3 is 2.40 bits per heavy atom. The molecule has 8 heteroatoms. The van der Waals surface area contributed by atoms with Gasteiger partial charge in [0, 0.05) is 53.5 Å². The standard InChI is InChI=1S/C27H29N3O4S/c1-2-30-25-6-4-3-5-23(25)24-19-21(10-13-26(24)30)28-27(31)14-9-20-7-11-22(12-8-20)35(32,33)29-15-17-34-18-16-29/h3-8,10-13,19H,2,9,14-18H2,1H3,(H,28,31). The third-order valence-electron chi connectivity index (χ3n) is 6.54. The number of sulfonamides is 1. The van der Waals surface area contributed by atoms with Crippen LogP contribution in [0.15, 0.2) is 71.6 Å². The van der Waals surface area contributed by atoms with E-state index in [1.165, 1.54) is 15.2 Å². The molecule has 182 valence electrons. The molecule has 0 unspecified atom stereocenters. The zero-order chi connectivity index (χ0) is 24.4. The molecule has 0 spiro atoms. The van der Waals surface area contributed by atoms with Crippen LogP contribution in [0.5, 0.6) is 0 Å². The molecule has 5 rings (SSSR count). The molecule has 1 fully saturated rings. The van der Waals surface area contributed by atoms with E-state index in [0.29, 0.717) is 39.1 Å². The zero-order valence-corrected chi connectivity index (χ0v) is 20.6. The van der Waals surface area contributed by atoms with Crippen molar-refractivity contribution in [3.05, 3.63) is 72.3 Å². The number of benzene rings is 3. The second-order valence-corrected chi connectivity index (χ2v) is 10.6. The minimum Gasteiger partial charge on any atom is -0.379 e. The number of carbonyl (C=O) groups excluding carboxylic acids is 1. The molecule has 1 amide bonds. The summed E-state index contributed by atoms with van der Waals surface area (Å²) < 4.78 is 34.5. The van der Waals surface area contributed by atoms with Crippen LogP contribution in [0.1, 0.15) is 18.9 Å². The van der Waals surface area contributed by atoms with Gasteiger partial charge in [-0.1, -0.05) is 30.3 Å². The number of para-hydroxylation sites is 1. The van der Waals surface area contributed by atoms with Crippen molar-refractivity contribution < 1.29 is 17.9 Å². The van der Waals surface area contributed by atoms with Gasteiger partial charge in [0.2, 0.25) is 15.9 Å². The molecular formula is C27H29N3O4S. The highest BCUT2D eigenvalue weighted by molar-refractivity contribution is 7.89. The van der Waals surface area contributed by atoms with Gasteiger partial charge in [0.15, 0.2) is 0 Å². The number of ether oxygens (including phenoxy) is 1. The maximum absolute atomic E-state index is 12.8. The van der Waals surface area contributed by atoms with Crippen molar-refractivity contribution in [2.45, 2.75) is 31.2 Å². The minimum absolute atomic E-state index is 0.0754. The quantitative estimate of drug-likeness (QED) is 0.415. The first kappa shape index (κ1) is 23.5. The number of amides is 1. The van der Waals surface area contributed by atoms with E-state index in [9.17, 15) is 13.2 Å². The number of rotatable bonds is 7. The largest absolute Gasteiger partial charge is 0.379 e. The van der Waals surface area contributed by atoms with Crippen LogP contribution in [-0.2, 0) is 32.5 Å². The summed E-state index contributed by atoms with van der Waals surface area (Å²) in [6.07, 6.45) is 0.839. The Balaban J connectivity index is 1.24. The molecule has 0 aliphatic carbocycles. The Labute approximate surface area is 205 Å². The van der Waals surface area contributed by atoms with Crippen LogP contribution in [0.3, 0.4) is 0 Å². The number of anilines is 1. The van der Waals surface area contributed by atoms with Crippen LogP contribution >= 0.6 is 0 Å². The predicted octanol–water partition coefficient (Wildman–Crippen LogP) is 4.41. The van der Waals surface area contributed by atoms with E-state index in [0.717, 1.165) is 28.7 Å². The number of hydrogen-bond donors (Lipinski definition) is 1. The number of morpholine rings is 1. The summed E-state index contributed by atoms with van der Waals surface area (Å²) in [5, 5.41) is 5.31. The van der Waals surface area contributed by atoms with E-state index in [2.05, 4.69) is 35.0 Å². The van der Waals surface area contributed by atoms with E-state index in [1.807, 2.05) is 24.3 Å². The molecule has 1 aliphatic heterocycles. The van der Waals surface area contributed by atoms with Crippen LogP contribution in [-0.4, -0.2) is 49.5 Å². The molecule has 1 aliphatic rings. The number of nitrogens with zero attached hydrogens (tertiary/aromatic N) is 2. The molecule has 3 aromatic carbocycles. The summed E-state index contributed by atoms with van der Waals surface area (Å²) in [4.78, 5) is 12.9. The fourth-order valence-corrected chi connectivity index (χ4v) is 6.13. The Kier molecular flexibility index (Phi) is 6.60. The van der Waals surface area contributed by atoms with Gasteiger partial charge in [-0.15, -0.1) is 0 Å². The summed E-state index contributed by atoms with van der Waals surface area (Å²) in [5.41, 5.74) is 4.03. The average molecular weight is 492 g/mol. The molecular weight excluding hydrogens is 462 g/mol. The van der Waals surface area contributed by atoms with E-state index >= 15 is 0 Å². The van der Waals surface area contributed by atoms with Gasteiger partial charge >= 0.3 is 0 Å². The highest BCUT2D eigenvalue weighted by Crippen LogP contribution is 2.31. The summed E-state index contributed by atoms with van der Waals surface area (Å²) in [6, 6.07) is 21.1. The lowest BCUT2D eigenvalue weighted by atomic mass is 10.1. The predicted molar refractivity (Wildman–Crippen MR) is 138 cm³/mol. The van der Waals surface area contributed by atoms with Crippen LogP contribution in [0.2, 0.25) is 0 Å². The molecule has 0 bridgehead atoms. The third-order valence-corrected chi connectivity index (χ3v) is 8.46.